The van der Waals surface area contributed by atoms with Gasteiger partial charge in [-0.1, -0.05) is 24.3 Å². The Hall–Kier alpha value is -0.860. The average Bonchev–Trinajstić information content (AvgIpc) is 2.04. The molecule has 1 aliphatic carbocycles. The molecule has 0 saturated heterocycles. The van der Waals surface area contributed by atoms with E-state index < -0.39 is 0 Å². The van der Waals surface area contributed by atoms with Gasteiger partial charge >= 0.3 is 0 Å². The minimum absolute atomic E-state index is 0.179. The van der Waals surface area contributed by atoms with E-state index >= 15 is 0 Å². The van der Waals surface area contributed by atoms with Crippen molar-refractivity contribution in [3.8, 4) is 0 Å². The lowest BCUT2D eigenvalue weighted by Gasteiger charge is -2.24. The summed E-state index contributed by atoms with van der Waals surface area (Å²) in [6, 6.07) is 8.00. The highest BCUT2D eigenvalue weighted by Gasteiger charge is 2.21. The summed E-state index contributed by atoms with van der Waals surface area (Å²) in [5.74, 6) is 0. The van der Waals surface area contributed by atoms with Crippen molar-refractivity contribution in [1.82, 2.24) is 5.32 Å². The SMILES string of the molecule is CNC.OC1Cc2ccccc21. The lowest BCUT2D eigenvalue weighted by atomic mass is 9.86. The Bertz CT molecular complexity index is 247. The molecule has 0 bridgehead atoms. The van der Waals surface area contributed by atoms with E-state index in [9.17, 15) is 0 Å². The van der Waals surface area contributed by atoms with Crippen LogP contribution in [0, 0.1) is 0 Å². The van der Waals surface area contributed by atoms with E-state index in [2.05, 4.69) is 11.4 Å². The van der Waals surface area contributed by atoms with Crippen molar-refractivity contribution < 1.29 is 5.11 Å². The zero-order valence-corrected chi connectivity index (χ0v) is 7.54. The van der Waals surface area contributed by atoms with Crippen LogP contribution in [0.15, 0.2) is 24.3 Å². The molecule has 2 rings (SSSR count). The molecule has 1 unspecified atom stereocenters. The summed E-state index contributed by atoms with van der Waals surface area (Å²) in [4.78, 5) is 0. The van der Waals surface area contributed by atoms with Gasteiger partial charge in [0.25, 0.3) is 0 Å². The Balaban J connectivity index is 0.000000213. The second-order valence-corrected chi connectivity index (χ2v) is 2.92. The number of hydrogen-bond donors (Lipinski definition) is 2. The van der Waals surface area contributed by atoms with Crippen LogP contribution >= 0.6 is 0 Å². The Morgan fingerprint density at radius 1 is 1.33 bits per heavy atom. The van der Waals surface area contributed by atoms with Crippen LogP contribution in [0.3, 0.4) is 0 Å². The molecule has 2 nitrogen and oxygen atoms in total. The topological polar surface area (TPSA) is 32.3 Å². The summed E-state index contributed by atoms with van der Waals surface area (Å²) in [5, 5.41) is 11.9. The zero-order valence-electron chi connectivity index (χ0n) is 7.54. The third-order valence-electron chi connectivity index (χ3n) is 1.83. The molecule has 0 aliphatic heterocycles. The second kappa shape index (κ2) is 4.24. The van der Waals surface area contributed by atoms with Crippen LogP contribution in [-0.4, -0.2) is 19.2 Å². The summed E-state index contributed by atoms with van der Waals surface area (Å²) in [7, 11) is 3.75. The van der Waals surface area contributed by atoms with Gasteiger partial charge in [-0.15, -0.1) is 0 Å². The molecule has 0 heterocycles. The molecule has 0 spiro atoms. The predicted molar refractivity (Wildman–Crippen MR) is 50.1 cm³/mol. The number of hydrogen-bond acceptors (Lipinski definition) is 2. The summed E-state index contributed by atoms with van der Waals surface area (Å²) in [5.41, 5.74) is 2.41. The van der Waals surface area contributed by atoms with Crippen LogP contribution in [-0.2, 0) is 6.42 Å². The maximum absolute atomic E-state index is 9.10. The van der Waals surface area contributed by atoms with Crippen LogP contribution in [0.4, 0.5) is 0 Å². The molecule has 0 radical (unpaired) electrons. The van der Waals surface area contributed by atoms with Gasteiger partial charge in [-0.25, -0.2) is 0 Å². The molecule has 2 heteroatoms. The van der Waals surface area contributed by atoms with E-state index in [0.717, 1.165) is 12.0 Å². The first-order valence-corrected chi connectivity index (χ1v) is 4.14. The molecule has 1 atom stereocenters. The molecule has 1 aromatic carbocycles. The zero-order chi connectivity index (χ0) is 8.97. The predicted octanol–water partition coefficient (Wildman–Crippen LogP) is 1.11. The number of aliphatic hydroxyl groups excluding tert-OH is 1. The third-order valence-corrected chi connectivity index (χ3v) is 1.83. The first-order chi connectivity index (χ1) is 5.79. The Morgan fingerprint density at radius 2 is 1.92 bits per heavy atom. The smallest absolute Gasteiger partial charge is 0.0833 e. The van der Waals surface area contributed by atoms with E-state index in [1.807, 2.05) is 32.3 Å². The molecular weight excluding hydrogens is 150 g/mol. The van der Waals surface area contributed by atoms with Gasteiger partial charge < -0.3 is 10.4 Å². The van der Waals surface area contributed by atoms with Gasteiger partial charge in [0.2, 0.25) is 0 Å². The first kappa shape index (κ1) is 9.23. The van der Waals surface area contributed by atoms with Crippen LogP contribution in [0.5, 0.6) is 0 Å². The fourth-order valence-electron chi connectivity index (χ4n) is 1.23. The quantitative estimate of drug-likeness (QED) is 0.603. The number of aliphatic hydroxyl groups is 1. The van der Waals surface area contributed by atoms with Gasteiger partial charge in [-0.05, 0) is 25.2 Å². The van der Waals surface area contributed by atoms with E-state index in [0.29, 0.717) is 0 Å². The largest absolute Gasteiger partial charge is 0.388 e. The Labute approximate surface area is 73.2 Å². The van der Waals surface area contributed by atoms with Crippen molar-refractivity contribution in [2.45, 2.75) is 12.5 Å². The number of benzene rings is 1. The average molecular weight is 165 g/mol. The molecule has 66 valence electrons. The lowest BCUT2D eigenvalue weighted by Crippen LogP contribution is -2.15. The van der Waals surface area contributed by atoms with Gasteiger partial charge in [0.05, 0.1) is 6.10 Å². The van der Waals surface area contributed by atoms with Gasteiger partial charge in [-0.3, -0.25) is 0 Å². The minimum atomic E-state index is -0.179. The lowest BCUT2D eigenvalue weighted by molar-refractivity contribution is 0.154. The Morgan fingerprint density at radius 3 is 2.33 bits per heavy atom. The van der Waals surface area contributed by atoms with Crippen LogP contribution in [0.25, 0.3) is 0 Å². The maximum atomic E-state index is 9.10. The monoisotopic (exact) mass is 165 g/mol. The van der Waals surface area contributed by atoms with E-state index in [4.69, 9.17) is 5.11 Å². The van der Waals surface area contributed by atoms with Crippen molar-refractivity contribution in [2.24, 2.45) is 0 Å². The molecule has 1 aliphatic rings. The van der Waals surface area contributed by atoms with Gasteiger partial charge in [0.15, 0.2) is 0 Å². The van der Waals surface area contributed by atoms with E-state index in [1.165, 1.54) is 5.56 Å². The molecule has 0 saturated carbocycles. The highest BCUT2D eigenvalue weighted by atomic mass is 16.3. The molecule has 0 aromatic heterocycles. The van der Waals surface area contributed by atoms with Crippen LogP contribution < -0.4 is 5.32 Å². The maximum Gasteiger partial charge on any atom is 0.0833 e. The summed E-state index contributed by atoms with van der Waals surface area (Å²) >= 11 is 0. The third kappa shape index (κ3) is 1.84. The standard InChI is InChI=1S/C8H8O.C2H7N/c9-8-5-6-3-1-2-4-7(6)8;1-3-2/h1-4,8-9H,5H2;3H,1-2H3. The fourth-order valence-corrected chi connectivity index (χ4v) is 1.23. The van der Waals surface area contributed by atoms with Crippen LogP contribution in [0.1, 0.15) is 17.2 Å². The van der Waals surface area contributed by atoms with Crippen LogP contribution in [0.2, 0.25) is 0 Å². The molecule has 1 aromatic rings. The molecule has 12 heavy (non-hydrogen) atoms. The van der Waals surface area contributed by atoms with Crippen molar-refractivity contribution >= 4 is 0 Å². The van der Waals surface area contributed by atoms with Crippen molar-refractivity contribution in [3.05, 3.63) is 35.4 Å². The first-order valence-electron chi connectivity index (χ1n) is 4.14. The molecule has 2 N–H and O–H groups in total. The molecular formula is C10H15NO. The normalized spacial score (nSPS) is 18.4. The fraction of sp³-hybridized carbons (Fsp3) is 0.400. The highest BCUT2D eigenvalue weighted by Crippen LogP contribution is 2.31. The summed E-state index contributed by atoms with van der Waals surface area (Å²) in [6.45, 7) is 0. The van der Waals surface area contributed by atoms with Gasteiger partial charge in [0, 0.05) is 6.42 Å². The molecule has 0 amide bonds. The van der Waals surface area contributed by atoms with Crippen molar-refractivity contribution in [1.29, 1.82) is 0 Å². The highest BCUT2D eigenvalue weighted by molar-refractivity contribution is 5.37. The second-order valence-electron chi connectivity index (χ2n) is 2.92. The van der Waals surface area contributed by atoms with Crippen molar-refractivity contribution in [3.63, 3.8) is 0 Å². The van der Waals surface area contributed by atoms with Gasteiger partial charge in [0.1, 0.15) is 0 Å². The summed E-state index contributed by atoms with van der Waals surface area (Å²) in [6.07, 6.45) is 0.664. The number of rotatable bonds is 0. The summed E-state index contributed by atoms with van der Waals surface area (Å²) < 4.78 is 0. The number of fused-ring (bicyclic) bond motifs is 1. The minimum Gasteiger partial charge on any atom is -0.388 e. The van der Waals surface area contributed by atoms with Gasteiger partial charge in [-0.2, -0.15) is 0 Å². The van der Waals surface area contributed by atoms with E-state index in [1.54, 1.807) is 0 Å². The van der Waals surface area contributed by atoms with E-state index in [-0.39, 0.29) is 6.10 Å². The molecule has 0 fully saturated rings. The number of nitrogens with one attached hydrogen (secondary N) is 1. The van der Waals surface area contributed by atoms with Crippen molar-refractivity contribution in [2.75, 3.05) is 14.1 Å². The Kier molecular flexibility index (Phi) is 3.26.